The average molecular weight is 505 g/mol. The summed E-state index contributed by atoms with van der Waals surface area (Å²) in [7, 11) is 0. The molecule has 0 aromatic heterocycles. The number of fused-ring (bicyclic) bond motifs is 1. The Morgan fingerprint density at radius 2 is 1.71 bits per heavy atom. The Kier molecular flexibility index (Phi) is 7.13. The molecule has 0 saturated heterocycles. The third kappa shape index (κ3) is 5.33. The number of thioether (sulfide) groups is 1. The number of rotatable bonds is 6. The van der Waals surface area contributed by atoms with Crippen LogP contribution in [0.3, 0.4) is 0 Å². The summed E-state index contributed by atoms with van der Waals surface area (Å²) in [6.07, 6.45) is -0.975. The molecule has 0 saturated carbocycles. The number of nitrogens with one attached hydrogen (secondary N) is 1. The summed E-state index contributed by atoms with van der Waals surface area (Å²) in [6.45, 7) is 1.09. The number of carbonyl (C=O) groups excluding carboxylic acids is 2. The maximum atomic E-state index is 14.0. The van der Waals surface area contributed by atoms with Gasteiger partial charge in [0.1, 0.15) is 23.3 Å². The van der Waals surface area contributed by atoms with Crippen LogP contribution in [0.5, 0.6) is 0 Å². The van der Waals surface area contributed by atoms with Crippen molar-refractivity contribution in [2.24, 2.45) is 0 Å². The van der Waals surface area contributed by atoms with E-state index in [0.717, 1.165) is 0 Å². The first-order chi connectivity index (χ1) is 16.6. The van der Waals surface area contributed by atoms with E-state index >= 15 is 0 Å². The van der Waals surface area contributed by atoms with Crippen LogP contribution >= 0.6 is 11.8 Å². The van der Waals surface area contributed by atoms with Gasteiger partial charge >= 0.3 is 0 Å². The lowest BCUT2D eigenvalue weighted by Crippen LogP contribution is -2.35. The third-order valence-electron chi connectivity index (χ3n) is 5.53. The van der Waals surface area contributed by atoms with E-state index < -0.39 is 47.4 Å². The molecule has 3 aromatic rings. The topological polar surface area (TPSA) is 69.6 Å². The van der Waals surface area contributed by atoms with Crippen molar-refractivity contribution in [3.8, 4) is 0 Å². The van der Waals surface area contributed by atoms with Crippen LogP contribution in [0.4, 0.5) is 23.2 Å². The monoisotopic (exact) mass is 504 g/mol. The maximum absolute atomic E-state index is 14.0. The average Bonchev–Trinajstić information content (AvgIpc) is 2.80. The van der Waals surface area contributed by atoms with E-state index in [2.05, 4.69) is 5.32 Å². The molecule has 0 fully saturated rings. The van der Waals surface area contributed by atoms with Gasteiger partial charge < -0.3 is 15.3 Å². The Morgan fingerprint density at radius 3 is 2.34 bits per heavy atom. The van der Waals surface area contributed by atoms with Crippen molar-refractivity contribution in [1.82, 2.24) is 5.32 Å². The van der Waals surface area contributed by atoms with Gasteiger partial charge in [-0.3, -0.25) is 9.59 Å². The van der Waals surface area contributed by atoms with Crippen LogP contribution < -0.4 is 10.2 Å². The van der Waals surface area contributed by atoms with E-state index in [1.165, 1.54) is 47.9 Å². The molecule has 4 rings (SSSR count). The molecule has 3 aromatic carbocycles. The second kappa shape index (κ2) is 10.1. The SMILES string of the molecule is CC(O)c1cc(C(=O)NCc2c(F)cc(F)cc2F)cc2c1SCC(=O)N2Cc1ccc(F)cc1. The zero-order valence-corrected chi connectivity index (χ0v) is 19.3. The van der Waals surface area contributed by atoms with Crippen molar-refractivity contribution in [2.45, 2.75) is 31.0 Å². The first kappa shape index (κ1) is 24.7. The van der Waals surface area contributed by atoms with Crippen molar-refractivity contribution in [1.29, 1.82) is 0 Å². The number of benzene rings is 3. The van der Waals surface area contributed by atoms with Crippen molar-refractivity contribution in [3.63, 3.8) is 0 Å². The number of aliphatic hydroxyl groups excluding tert-OH is 1. The Labute approximate surface area is 202 Å². The van der Waals surface area contributed by atoms with Gasteiger partial charge in [0, 0.05) is 34.7 Å². The minimum Gasteiger partial charge on any atom is -0.389 e. The molecule has 0 bridgehead atoms. The van der Waals surface area contributed by atoms with Gasteiger partial charge in [0.05, 0.1) is 24.1 Å². The van der Waals surface area contributed by atoms with E-state index in [0.29, 0.717) is 33.8 Å². The van der Waals surface area contributed by atoms with Gasteiger partial charge in [-0.2, -0.15) is 0 Å². The summed E-state index contributed by atoms with van der Waals surface area (Å²) in [5, 5.41) is 12.7. The van der Waals surface area contributed by atoms with Gasteiger partial charge in [-0.05, 0) is 42.3 Å². The van der Waals surface area contributed by atoms with Gasteiger partial charge in [-0.25, -0.2) is 17.6 Å². The number of halogens is 4. The van der Waals surface area contributed by atoms with Gasteiger partial charge in [0.2, 0.25) is 5.91 Å². The van der Waals surface area contributed by atoms with Crippen LogP contribution in [0, 0.1) is 23.3 Å². The molecule has 10 heteroatoms. The number of hydrogen-bond acceptors (Lipinski definition) is 4. The molecule has 1 heterocycles. The Balaban J connectivity index is 1.67. The third-order valence-corrected chi connectivity index (χ3v) is 6.65. The van der Waals surface area contributed by atoms with Crippen LogP contribution in [0.1, 0.15) is 40.1 Å². The molecule has 0 spiro atoms. The van der Waals surface area contributed by atoms with E-state index in [1.54, 1.807) is 12.1 Å². The molecule has 1 unspecified atom stereocenters. The Hall–Kier alpha value is -3.37. The first-order valence-electron chi connectivity index (χ1n) is 10.6. The second-order valence-electron chi connectivity index (χ2n) is 8.02. The van der Waals surface area contributed by atoms with Crippen molar-refractivity contribution < 1.29 is 32.3 Å². The summed E-state index contributed by atoms with van der Waals surface area (Å²) in [6, 6.07) is 9.59. The summed E-state index contributed by atoms with van der Waals surface area (Å²) in [5.74, 6) is -4.59. The zero-order chi connectivity index (χ0) is 25.3. The minimum absolute atomic E-state index is 0.0574. The number of anilines is 1. The highest BCUT2D eigenvalue weighted by Gasteiger charge is 2.29. The Morgan fingerprint density at radius 1 is 1.06 bits per heavy atom. The standard InChI is InChI=1S/C25H20F4N2O3S/c1-13(32)18-6-15(25(34)30-10-19-20(28)8-17(27)9-21(19)29)7-22-24(18)35-12-23(33)31(22)11-14-2-4-16(26)5-3-14/h2-9,13,32H,10-12H2,1H3,(H,30,34). The van der Waals surface area contributed by atoms with Gasteiger partial charge in [0.25, 0.3) is 5.91 Å². The highest BCUT2D eigenvalue weighted by molar-refractivity contribution is 8.00. The summed E-state index contributed by atoms with van der Waals surface area (Å²) in [5.41, 5.74) is 1.01. The van der Waals surface area contributed by atoms with Crippen LogP contribution in [0.2, 0.25) is 0 Å². The van der Waals surface area contributed by atoms with Crippen LogP contribution in [-0.2, 0) is 17.9 Å². The number of nitrogens with zero attached hydrogens (tertiary/aromatic N) is 1. The van der Waals surface area contributed by atoms with Crippen LogP contribution in [0.15, 0.2) is 53.4 Å². The highest BCUT2D eigenvalue weighted by Crippen LogP contribution is 2.42. The predicted molar refractivity (Wildman–Crippen MR) is 123 cm³/mol. The normalized spacial score (nSPS) is 14.0. The molecule has 0 aliphatic carbocycles. The van der Waals surface area contributed by atoms with Crippen molar-refractivity contribution in [3.05, 3.63) is 94.1 Å². The largest absolute Gasteiger partial charge is 0.389 e. The quantitative estimate of drug-likeness (QED) is 0.471. The lowest BCUT2D eigenvalue weighted by atomic mass is 10.0. The molecule has 182 valence electrons. The van der Waals surface area contributed by atoms with Gasteiger partial charge in [0.15, 0.2) is 0 Å². The van der Waals surface area contributed by atoms with Gasteiger partial charge in [-0.1, -0.05) is 12.1 Å². The Bertz CT molecular complexity index is 1280. The molecule has 1 atom stereocenters. The summed E-state index contributed by atoms with van der Waals surface area (Å²) in [4.78, 5) is 27.7. The fourth-order valence-electron chi connectivity index (χ4n) is 3.74. The first-order valence-corrected chi connectivity index (χ1v) is 11.6. The van der Waals surface area contributed by atoms with Gasteiger partial charge in [-0.15, -0.1) is 11.8 Å². The number of carbonyl (C=O) groups is 2. The maximum Gasteiger partial charge on any atom is 0.251 e. The molecule has 2 amide bonds. The number of aliphatic hydroxyl groups is 1. The van der Waals surface area contributed by atoms with E-state index in [1.807, 2.05) is 0 Å². The van der Waals surface area contributed by atoms with Crippen molar-refractivity contribution in [2.75, 3.05) is 10.7 Å². The zero-order valence-electron chi connectivity index (χ0n) is 18.4. The fourth-order valence-corrected chi connectivity index (χ4v) is 4.88. The smallest absolute Gasteiger partial charge is 0.251 e. The van der Waals surface area contributed by atoms with E-state index in [4.69, 9.17) is 0 Å². The fraction of sp³-hybridized carbons (Fsp3) is 0.200. The molecule has 0 radical (unpaired) electrons. The predicted octanol–water partition coefficient (Wildman–Crippen LogP) is 4.87. The lowest BCUT2D eigenvalue weighted by Gasteiger charge is -2.31. The minimum atomic E-state index is -1.13. The van der Waals surface area contributed by atoms with E-state index in [9.17, 15) is 32.3 Å². The summed E-state index contributed by atoms with van der Waals surface area (Å²) < 4.78 is 54.4. The molecule has 5 nitrogen and oxygen atoms in total. The molecule has 1 aliphatic rings. The highest BCUT2D eigenvalue weighted by atomic mass is 32.2. The number of hydrogen-bond donors (Lipinski definition) is 2. The van der Waals surface area contributed by atoms with E-state index in [-0.39, 0.29) is 23.8 Å². The lowest BCUT2D eigenvalue weighted by molar-refractivity contribution is -0.116. The second-order valence-corrected chi connectivity index (χ2v) is 9.00. The summed E-state index contributed by atoms with van der Waals surface area (Å²) >= 11 is 1.23. The van der Waals surface area contributed by atoms with Crippen molar-refractivity contribution >= 4 is 29.3 Å². The van der Waals surface area contributed by atoms with Crippen LogP contribution in [0.25, 0.3) is 0 Å². The molecule has 1 aliphatic heterocycles. The van der Waals surface area contributed by atoms with Crippen LogP contribution in [-0.4, -0.2) is 22.7 Å². The molecular formula is C25H20F4N2O3S. The molecule has 35 heavy (non-hydrogen) atoms. The molecule has 2 N–H and O–H groups in total. The molecular weight excluding hydrogens is 484 g/mol. The number of amides is 2.